The predicted molar refractivity (Wildman–Crippen MR) is 269 cm³/mol. The van der Waals surface area contributed by atoms with E-state index in [1.807, 2.05) is 133 Å². The topological polar surface area (TPSA) is 215 Å². The molecule has 0 spiro atoms. The van der Waals surface area contributed by atoms with Crippen LogP contribution in [-0.2, 0) is 64.0 Å². The number of hydrogen-bond acceptors (Lipinski definition) is 8. The molecule has 72 heavy (non-hydrogen) atoms. The second-order valence-corrected chi connectivity index (χ2v) is 19.1. The van der Waals surface area contributed by atoms with Gasteiger partial charge in [0.15, 0.2) is 0 Å². The van der Waals surface area contributed by atoms with Crippen molar-refractivity contribution in [1.29, 1.82) is 0 Å². The lowest BCUT2D eigenvalue weighted by atomic mass is 10.00. The fourth-order valence-electron chi connectivity index (χ4n) is 10.1. The number of fused-ring (bicyclic) bond motifs is 2. The minimum atomic E-state index is -1.06. The van der Waals surface area contributed by atoms with Gasteiger partial charge in [-0.2, -0.15) is 0 Å². The lowest BCUT2D eigenvalue weighted by Crippen LogP contribution is -2.62. The van der Waals surface area contributed by atoms with Gasteiger partial charge in [-0.1, -0.05) is 133 Å². The number of hydrogen-bond donors (Lipinski definition) is 6. The van der Waals surface area contributed by atoms with Crippen LogP contribution < -0.4 is 31.9 Å². The summed E-state index contributed by atoms with van der Waals surface area (Å²) < 4.78 is 0. The fourth-order valence-corrected chi connectivity index (χ4v) is 10.1. The molecular weight excluding hydrogens is 913 g/mol. The molecule has 16 nitrogen and oxygen atoms in total. The molecular formula is C56H64N8O8. The highest BCUT2D eigenvalue weighted by Gasteiger charge is 2.42. The van der Waals surface area contributed by atoms with Gasteiger partial charge in [0, 0.05) is 38.8 Å². The van der Waals surface area contributed by atoms with Crippen LogP contribution in [0.2, 0.25) is 0 Å². The highest BCUT2D eigenvalue weighted by atomic mass is 16.2. The summed E-state index contributed by atoms with van der Waals surface area (Å²) in [7, 11) is 0. The van der Waals surface area contributed by atoms with Crippen molar-refractivity contribution in [3.8, 4) is 0 Å². The molecule has 0 radical (unpaired) electrons. The third-order valence-electron chi connectivity index (χ3n) is 14.0. The van der Waals surface area contributed by atoms with Crippen molar-refractivity contribution < 1.29 is 38.4 Å². The average molecular weight is 977 g/mol. The zero-order chi connectivity index (χ0) is 50.4. The van der Waals surface area contributed by atoms with Crippen LogP contribution in [0.15, 0.2) is 133 Å². The van der Waals surface area contributed by atoms with Gasteiger partial charge in [-0.15, -0.1) is 0 Å². The standard InChI is InChI=1S/C56H64N8O8/c65-49-41(57-53(69)47-29-17-31-63(47)55(71)45(35-39-23-11-5-12-24-39)61-51(67)43(59-49)33-37-19-7-3-8-20-37)27-15-1-2-16-28-42-50(66)60-44(34-38-21-9-4-10-22-38)52(68)62-46(36-40-25-13-6-14-26-40)56(72)64-32-18-30-48(64)54(70)58-42/h1-14,19-26,41-48H,15-18,27-36H2,(H,57,69)(H,58,70)(H,59,65)(H,60,66)(H,61,67)(H,62,68)/t41-,42-,43-,44-,45-,46-,47+,48+/m0/s1. The maximum absolute atomic E-state index is 14.3. The first-order valence-corrected chi connectivity index (χ1v) is 25.2. The van der Waals surface area contributed by atoms with Crippen molar-refractivity contribution in [2.24, 2.45) is 0 Å². The molecule has 4 fully saturated rings. The number of nitrogens with one attached hydrogen (secondary N) is 6. The van der Waals surface area contributed by atoms with Crippen LogP contribution in [0.4, 0.5) is 0 Å². The molecule has 0 aromatic heterocycles. The molecule has 8 amide bonds. The van der Waals surface area contributed by atoms with Crippen molar-refractivity contribution in [2.45, 2.75) is 125 Å². The number of nitrogens with zero attached hydrogens (tertiary/aromatic N) is 2. The van der Waals surface area contributed by atoms with E-state index in [9.17, 15) is 38.4 Å². The summed E-state index contributed by atoms with van der Waals surface area (Å²) in [6, 6.07) is 29.3. The summed E-state index contributed by atoms with van der Waals surface area (Å²) in [5.41, 5.74) is 3.26. The Balaban J connectivity index is 0.965. The molecule has 8 rings (SSSR count). The van der Waals surface area contributed by atoms with Crippen LogP contribution in [0.3, 0.4) is 0 Å². The van der Waals surface area contributed by atoms with E-state index >= 15 is 0 Å². The van der Waals surface area contributed by atoms with Gasteiger partial charge < -0.3 is 41.7 Å². The highest BCUT2D eigenvalue weighted by molar-refractivity contribution is 5.99. The number of carbonyl (C=O) groups excluding carboxylic acids is 8. The van der Waals surface area contributed by atoms with Gasteiger partial charge in [0.25, 0.3) is 0 Å². The third-order valence-corrected chi connectivity index (χ3v) is 14.0. The summed E-state index contributed by atoms with van der Waals surface area (Å²) >= 11 is 0. The third kappa shape index (κ3) is 13.2. The molecule has 4 heterocycles. The van der Waals surface area contributed by atoms with Gasteiger partial charge >= 0.3 is 0 Å². The highest BCUT2D eigenvalue weighted by Crippen LogP contribution is 2.23. The molecule has 6 N–H and O–H groups in total. The molecule has 4 aromatic carbocycles. The summed E-state index contributed by atoms with van der Waals surface area (Å²) in [6.07, 6.45) is 7.25. The second-order valence-electron chi connectivity index (χ2n) is 19.1. The zero-order valence-corrected chi connectivity index (χ0v) is 40.4. The molecule has 4 saturated heterocycles. The van der Waals surface area contributed by atoms with Gasteiger partial charge in [0.05, 0.1) is 0 Å². The van der Waals surface area contributed by atoms with Crippen molar-refractivity contribution in [3.05, 3.63) is 156 Å². The lowest BCUT2D eigenvalue weighted by molar-refractivity contribution is -0.143. The van der Waals surface area contributed by atoms with Gasteiger partial charge in [-0.3, -0.25) is 38.4 Å². The molecule has 4 aromatic rings. The van der Waals surface area contributed by atoms with E-state index in [0.717, 1.165) is 22.3 Å². The Morgan fingerprint density at radius 2 is 0.639 bits per heavy atom. The van der Waals surface area contributed by atoms with E-state index in [0.29, 0.717) is 51.6 Å². The smallest absolute Gasteiger partial charge is 0.246 e. The SMILES string of the molecule is O=C1N[C@@H](Cc2ccccc2)C(=O)N2CCC[C@@H]2C(=O)N[C@@H](CCC=CCC[C@@H]2NC(=O)[C@H]3CCCN3C(=O)[C@H](Cc3ccccc3)NC(=O)[C@H](Cc3ccccc3)NC2=O)C(=O)N[C@H]1Cc1ccccc1. The molecule has 16 heteroatoms. The number of amides is 8. The summed E-state index contributed by atoms with van der Waals surface area (Å²) in [5, 5.41) is 17.5. The minimum absolute atomic E-state index is 0.143. The molecule has 4 aliphatic rings. The fraction of sp³-hybridized carbons (Fsp3) is 0.393. The van der Waals surface area contributed by atoms with Crippen LogP contribution >= 0.6 is 0 Å². The van der Waals surface area contributed by atoms with Gasteiger partial charge in [-0.25, -0.2) is 0 Å². The molecule has 0 saturated carbocycles. The van der Waals surface area contributed by atoms with Crippen molar-refractivity contribution in [1.82, 2.24) is 41.7 Å². The first-order chi connectivity index (χ1) is 35.0. The van der Waals surface area contributed by atoms with Crippen LogP contribution in [-0.4, -0.2) is 118 Å². The monoisotopic (exact) mass is 976 g/mol. The van der Waals surface area contributed by atoms with E-state index in [-0.39, 0.29) is 50.3 Å². The molecule has 0 bridgehead atoms. The minimum Gasteiger partial charge on any atom is -0.343 e. The Hall–Kier alpha value is -7.62. The van der Waals surface area contributed by atoms with E-state index < -0.39 is 83.8 Å². The summed E-state index contributed by atoms with van der Waals surface area (Å²) in [4.78, 5) is 116. The Kier molecular flexibility index (Phi) is 17.3. The van der Waals surface area contributed by atoms with Gasteiger partial charge in [0.1, 0.15) is 48.3 Å². The maximum Gasteiger partial charge on any atom is 0.246 e. The summed E-state index contributed by atoms with van der Waals surface area (Å²) in [6.45, 7) is 0.662. The Bertz CT molecular complexity index is 2400. The molecule has 8 atom stereocenters. The maximum atomic E-state index is 14.3. The normalized spacial score (nSPS) is 25.6. The van der Waals surface area contributed by atoms with Gasteiger partial charge in [-0.05, 0) is 73.6 Å². The van der Waals surface area contributed by atoms with Crippen molar-refractivity contribution in [2.75, 3.05) is 13.1 Å². The first kappa shape index (κ1) is 50.8. The van der Waals surface area contributed by atoms with Crippen LogP contribution in [0.5, 0.6) is 0 Å². The van der Waals surface area contributed by atoms with Crippen molar-refractivity contribution >= 4 is 47.3 Å². The Labute approximate surface area is 420 Å². The number of rotatable bonds is 14. The van der Waals surface area contributed by atoms with E-state index in [1.54, 1.807) is 0 Å². The molecule has 376 valence electrons. The van der Waals surface area contributed by atoms with Crippen LogP contribution in [0, 0.1) is 0 Å². The van der Waals surface area contributed by atoms with Crippen LogP contribution in [0.1, 0.15) is 73.6 Å². The molecule has 0 unspecified atom stereocenters. The quantitative estimate of drug-likeness (QED) is 0.103. The van der Waals surface area contributed by atoms with E-state index in [4.69, 9.17) is 0 Å². The van der Waals surface area contributed by atoms with Crippen molar-refractivity contribution in [3.63, 3.8) is 0 Å². The number of carbonyl (C=O) groups is 8. The molecule has 0 aliphatic carbocycles. The van der Waals surface area contributed by atoms with E-state index in [1.165, 1.54) is 9.80 Å². The summed E-state index contributed by atoms with van der Waals surface area (Å²) in [5.74, 6) is -3.75. The lowest BCUT2D eigenvalue weighted by Gasteiger charge is -2.32. The average Bonchev–Trinajstić information content (AvgIpc) is 4.10. The zero-order valence-electron chi connectivity index (χ0n) is 40.4. The second kappa shape index (κ2) is 24.5. The first-order valence-electron chi connectivity index (χ1n) is 25.2. The number of allylic oxidation sites excluding steroid dienone is 2. The molecule has 4 aliphatic heterocycles. The number of benzene rings is 4. The Morgan fingerprint density at radius 1 is 0.361 bits per heavy atom. The predicted octanol–water partition coefficient (Wildman–Crippen LogP) is 2.99. The largest absolute Gasteiger partial charge is 0.343 e. The van der Waals surface area contributed by atoms with Crippen LogP contribution in [0.25, 0.3) is 0 Å². The van der Waals surface area contributed by atoms with Gasteiger partial charge in [0.2, 0.25) is 47.3 Å². The Morgan fingerprint density at radius 3 is 0.972 bits per heavy atom. The van der Waals surface area contributed by atoms with E-state index in [2.05, 4.69) is 31.9 Å².